The highest BCUT2D eigenvalue weighted by molar-refractivity contribution is 7.90. The first kappa shape index (κ1) is 29.7. The lowest BCUT2D eigenvalue weighted by molar-refractivity contribution is -0.123. The van der Waals surface area contributed by atoms with Crippen molar-refractivity contribution in [2.75, 3.05) is 12.0 Å². The van der Waals surface area contributed by atoms with Crippen molar-refractivity contribution in [2.45, 2.75) is 76.6 Å². The van der Waals surface area contributed by atoms with E-state index < -0.39 is 52.0 Å². The minimum Gasteiger partial charge on any atom is -0.402 e. The third-order valence-electron chi connectivity index (χ3n) is 6.95. The van der Waals surface area contributed by atoms with Crippen LogP contribution in [-0.2, 0) is 30.4 Å². The fourth-order valence-electron chi connectivity index (χ4n) is 4.03. The van der Waals surface area contributed by atoms with Crippen LogP contribution in [0.25, 0.3) is 0 Å². The third-order valence-corrected chi connectivity index (χ3v) is 7.92. The molecule has 1 aromatic heterocycles. The summed E-state index contributed by atoms with van der Waals surface area (Å²) in [6.07, 6.45) is 7.15. The van der Waals surface area contributed by atoms with Crippen molar-refractivity contribution in [3.8, 4) is 0 Å². The van der Waals surface area contributed by atoms with Crippen LogP contribution < -0.4 is 10.6 Å². The highest BCUT2D eigenvalue weighted by Crippen LogP contribution is 2.38. The van der Waals surface area contributed by atoms with Gasteiger partial charge in [-0.2, -0.15) is 0 Å². The minimum atomic E-state index is -3.38. The number of hydrogen-bond donors (Lipinski definition) is 2. The van der Waals surface area contributed by atoms with Crippen molar-refractivity contribution < 1.29 is 27.3 Å². The maximum absolute atomic E-state index is 13.5. The van der Waals surface area contributed by atoms with Gasteiger partial charge in [0.05, 0.1) is 29.1 Å². The summed E-state index contributed by atoms with van der Waals surface area (Å²) in [6, 6.07) is 8.91. The topological polar surface area (TPSA) is 137 Å². The summed E-state index contributed by atoms with van der Waals surface area (Å²) < 4.78 is 36.2. The Morgan fingerprint density at radius 2 is 1.66 bits per heavy atom. The molecule has 0 saturated carbocycles. The van der Waals surface area contributed by atoms with E-state index >= 15 is 0 Å². The number of hydrogen-bond acceptors (Lipinski definition) is 8. The van der Waals surface area contributed by atoms with E-state index in [0.717, 1.165) is 19.1 Å². The van der Waals surface area contributed by atoms with Gasteiger partial charge in [0.1, 0.15) is 21.6 Å². The van der Waals surface area contributed by atoms with Crippen molar-refractivity contribution in [3.63, 3.8) is 0 Å². The van der Waals surface area contributed by atoms with Gasteiger partial charge >= 0.3 is 7.12 Å². The minimum absolute atomic E-state index is 0.0232. The molecular formula is C26H37BN4O6S. The van der Waals surface area contributed by atoms with Gasteiger partial charge in [-0.25, -0.2) is 13.4 Å². The first-order valence-electron chi connectivity index (χ1n) is 12.7. The molecule has 206 valence electrons. The van der Waals surface area contributed by atoms with Gasteiger partial charge in [-0.1, -0.05) is 30.3 Å². The smallest absolute Gasteiger partial charge is 0.402 e. The summed E-state index contributed by atoms with van der Waals surface area (Å²) in [6.45, 7) is 7.75. The van der Waals surface area contributed by atoms with Crippen LogP contribution in [0.1, 0.15) is 63.0 Å². The molecule has 1 aliphatic heterocycles. The highest BCUT2D eigenvalue weighted by Gasteiger charge is 2.54. The second-order valence-electron chi connectivity index (χ2n) is 10.7. The van der Waals surface area contributed by atoms with Crippen LogP contribution in [-0.4, -0.2) is 72.5 Å². The fraction of sp³-hybridized carbons (Fsp3) is 0.538. The standard InChI is InChI=1S/C26H37BN4O6S/c1-25(2)26(3,4)37-27(36-25)22(13-9-12-19-10-7-6-8-11-19)31-23(32)20(14-17-38(5,34)35)30-24(33)21-18-28-15-16-29-21/h6-8,10-11,15-16,18,20,22H,9,12-14,17H2,1-5H3,(H,30,33)(H,31,32)/t20?,22-/m0/s1. The van der Waals surface area contributed by atoms with E-state index in [0.29, 0.717) is 6.42 Å². The maximum atomic E-state index is 13.5. The van der Waals surface area contributed by atoms with Crippen LogP contribution >= 0.6 is 0 Å². The van der Waals surface area contributed by atoms with Crippen molar-refractivity contribution in [1.82, 2.24) is 20.6 Å². The van der Waals surface area contributed by atoms with Gasteiger partial charge in [0.25, 0.3) is 5.91 Å². The predicted molar refractivity (Wildman–Crippen MR) is 145 cm³/mol. The van der Waals surface area contributed by atoms with Crippen LogP contribution in [0.4, 0.5) is 0 Å². The van der Waals surface area contributed by atoms with Gasteiger partial charge in [0.2, 0.25) is 5.91 Å². The van der Waals surface area contributed by atoms with Crippen LogP contribution in [0.15, 0.2) is 48.9 Å². The average Bonchev–Trinajstić information content (AvgIpc) is 3.08. The largest absolute Gasteiger partial charge is 0.481 e. The van der Waals surface area contributed by atoms with Crippen molar-refractivity contribution in [2.24, 2.45) is 0 Å². The number of aromatic nitrogens is 2. The molecule has 2 amide bonds. The normalized spacial score (nSPS) is 18.0. The lowest BCUT2D eigenvalue weighted by Crippen LogP contribution is -2.55. The molecule has 0 radical (unpaired) electrons. The molecule has 1 aromatic carbocycles. The quantitative estimate of drug-likeness (QED) is 0.388. The highest BCUT2D eigenvalue weighted by atomic mass is 32.2. The SMILES string of the molecule is CC1(C)OB([C@H](CCCc2ccccc2)NC(=O)C(CCS(C)(=O)=O)NC(=O)c2cnccn2)OC1(C)C. The molecule has 1 unspecified atom stereocenters. The molecule has 2 heterocycles. The summed E-state index contributed by atoms with van der Waals surface area (Å²) in [5.74, 6) is -1.95. The van der Waals surface area contributed by atoms with Crippen molar-refractivity contribution in [1.29, 1.82) is 0 Å². The van der Waals surface area contributed by atoms with Crippen molar-refractivity contribution in [3.05, 3.63) is 60.2 Å². The molecule has 1 aliphatic rings. The van der Waals surface area contributed by atoms with E-state index in [4.69, 9.17) is 9.31 Å². The molecule has 2 N–H and O–H groups in total. The first-order chi connectivity index (χ1) is 17.8. The zero-order valence-corrected chi connectivity index (χ0v) is 23.5. The summed E-state index contributed by atoms with van der Waals surface area (Å²) in [7, 11) is -4.10. The molecule has 1 saturated heterocycles. The van der Waals surface area contributed by atoms with Gasteiger partial charge in [0, 0.05) is 18.6 Å². The van der Waals surface area contributed by atoms with E-state index in [2.05, 4.69) is 20.6 Å². The summed E-state index contributed by atoms with van der Waals surface area (Å²) in [5.41, 5.74) is -0.00451. The van der Waals surface area contributed by atoms with Gasteiger partial charge in [0.15, 0.2) is 0 Å². The molecule has 1 fully saturated rings. The second-order valence-corrected chi connectivity index (χ2v) is 12.9. The Balaban J connectivity index is 1.77. The zero-order chi connectivity index (χ0) is 28.0. The monoisotopic (exact) mass is 544 g/mol. The molecular weight excluding hydrogens is 507 g/mol. The number of carbonyl (C=O) groups excluding carboxylic acids is 2. The summed E-state index contributed by atoms with van der Waals surface area (Å²) in [4.78, 5) is 34.1. The van der Waals surface area contributed by atoms with E-state index in [1.807, 2.05) is 58.0 Å². The predicted octanol–water partition coefficient (Wildman–Crippen LogP) is 2.15. The summed E-state index contributed by atoms with van der Waals surface area (Å²) >= 11 is 0. The number of sulfone groups is 1. The number of rotatable bonds is 12. The molecule has 2 atom stereocenters. The number of nitrogens with zero attached hydrogens (tertiary/aromatic N) is 2. The van der Waals surface area contributed by atoms with E-state index in [-0.39, 0.29) is 17.9 Å². The number of benzene rings is 1. The molecule has 0 bridgehead atoms. The van der Waals surface area contributed by atoms with Crippen molar-refractivity contribution >= 4 is 28.8 Å². The lowest BCUT2D eigenvalue weighted by Gasteiger charge is -2.32. The second kappa shape index (κ2) is 12.4. The molecule has 38 heavy (non-hydrogen) atoms. The van der Waals surface area contributed by atoms with Gasteiger partial charge < -0.3 is 19.9 Å². The fourth-order valence-corrected chi connectivity index (χ4v) is 4.70. The Hall–Kier alpha value is -2.83. The van der Waals surface area contributed by atoms with E-state index in [9.17, 15) is 18.0 Å². The first-order valence-corrected chi connectivity index (χ1v) is 14.8. The van der Waals surface area contributed by atoms with Gasteiger partial charge in [-0.3, -0.25) is 14.6 Å². The molecule has 3 rings (SSSR count). The van der Waals surface area contributed by atoms with E-state index in [1.54, 1.807) is 0 Å². The van der Waals surface area contributed by atoms with E-state index in [1.165, 1.54) is 24.2 Å². The Labute approximate surface area is 225 Å². The number of carbonyl (C=O) groups is 2. The molecule has 10 nitrogen and oxygen atoms in total. The lowest BCUT2D eigenvalue weighted by atomic mass is 9.75. The number of aryl methyl sites for hydroxylation is 1. The Kier molecular flexibility index (Phi) is 9.67. The Bertz CT molecular complexity index is 1180. The summed E-state index contributed by atoms with van der Waals surface area (Å²) in [5, 5.41) is 5.60. The Morgan fingerprint density at radius 3 is 2.24 bits per heavy atom. The van der Waals surface area contributed by atoms with Crippen LogP contribution in [0.2, 0.25) is 0 Å². The third kappa shape index (κ3) is 8.34. The average molecular weight is 544 g/mol. The Morgan fingerprint density at radius 1 is 1.00 bits per heavy atom. The molecule has 0 aliphatic carbocycles. The van der Waals surface area contributed by atoms with Crippen LogP contribution in [0, 0.1) is 0 Å². The zero-order valence-electron chi connectivity index (χ0n) is 22.6. The van der Waals surface area contributed by atoms with Gasteiger partial charge in [-0.15, -0.1) is 0 Å². The van der Waals surface area contributed by atoms with Crippen LogP contribution in [0.3, 0.4) is 0 Å². The molecule has 0 spiro atoms. The molecule has 2 aromatic rings. The maximum Gasteiger partial charge on any atom is 0.481 e. The number of nitrogens with one attached hydrogen (secondary N) is 2. The molecule has 12 heteroatoms. The van der Waals surface area contributed by atoms with Crippen LogP contribution in [0.5, 0.6) is 0 Å². The van der Waals surface area contributed by atoms with Gasteiger partial charge in [-0.05, 0) is 58.9 Å². The number of amides is 2.